The Kier molecular flexibility index (Phi) is 5.44. The highest BCUT2D eigenvalue weighted by molar-refractivity contribution is 14.1. The van der Waals surface area contributed by atoms with Crippen molar-refractivity contribution in [3.05, 3.63) is 92.4 Å². The van der Waals surface area contributed by atoms with E-state index >= 15 is 0 Å². The Hall–Kier alpha value is -3.00. The van der Waals surface area contributed by atoms with Gasteiger partial charge < -0.3 is 4.74 Å². The Morgan fingerprint density at radius 3 is 2.17 bits per heavy atom. The molecule has 0 N–H and O–H groups in total. The van der Waals surface area contributed by atoms with Crippen molar-refractivity contribution in [3.8, 4) is 16.9 Å². The van der Waals surface area contributed by atoms with Crippen LogP contribution in [-0.2, 0) is 18.3 Å². The van der Waals surface area contributed by atoms with Crippen LogP contribution in [0.1, 0.15) is 5.69 Å². The Morgan fingerprint density at radius 2 is 1.52 bits per heavy atom. The molecule has 0 radical (unpaired) electrons. The summed E-state index contributed by atoms with van der Waals surface area (Å²) in [5.74, 6) is 0.0432. The zero-order chi connectivity index (χ0) is 20.4. The zero-order valence-electron chi connectivity index (χ0n) is 15.6. The summed E-state index contributed by atoms with van der Waals surface area (Å²) in [5.41, 5.74) is 2.48. The molecule has 0 aliphatic heterocycles. The Bertz CT molecular complexity index is 1250. The van der Waals surface area contributed by atoms with E-state index in [-0.39, 0.29) is 12.0 Å². The second-order valence-electron chi connectivity index (χ2n) is 6.60. The molecule has 1 heterocycles. The van der Waals surface area contributed by atoms with Crippen molar-refractivity contribution in [1.29, 1.82) is 0 Å². The molecular weight excluding hydrogens is 479 g/mol. The second-order valence-corrected chi connectivity index (χ2v) is 7.85. The monoisotopic (exact) mass is 496 g/mol. The molecule has 0 unspecified atom stereocenters. The van der Waals surface area contributed by atoms with E-state index in [4.69, 9.17) is 4.74 Å². The quantitative estimate of drug-likeness (QED) is 0.240. The van der Waals surface area contributed by atoms with Gasteiger partial charge in [-0.05, 0) is 64.0 Å². The van der Waals surface area contributed by atoms with E-state index in [2.05, 4.69) is 39.8 Å². The number of carbonyl (C=O) groups is 1. The molecular formula is C23H17IN2O3. The largest absolute Gasteiger partial charge is 0.426 e. The molecule has 0 atom stereocenters. The fourth-order valence-corrected chi connectivity index (χ4v) is 3.53. The Balaban J connectivity index is 1.52. The van der Waals surface area contributed by atoms with E-state index in [1.165, 1.54) is 8.25 Å². The molecule has 0 amide bonds. The molecule has 0 bridgehead atoms. The van der Waals surface area contributed by atoms with Crippen molar-refractivity contribution in [3.63, 3.8) is 0 Å². The van der Waals surface area contributed by atoms with Crippen LogP contribution in [0, 0.1) is 3.57 Å². The molecule has 29 heavy (non-hydrogen) atoms. The van der Waals surface area contributed by atoms with E-state index in [1.807, 2.05) is 30.3 Å². The molecule has 0 aliphatic rings. The van der Waals surface area contributed by atoms with Crippen LogP contribution in [0.5, 0.6) is 5.75 Å². The lowest BCUT2D eigenvalue weighted by atomic mass is 10.1. The number of hydrogen-bond donors (Lipinski definition) is 0. The molecule has 4 rings (SSSR count). The Labute approximate surface area is 181 Å². The summed E-state index contributed by atoms with van der Waals surface area (Å²) in [6.45, 7) is 0. The van der Waals surface area contributed by atoms with E-state index in [0.717, 1.165) is 11.1 Å². The van der Waals surface area contributed by atoms with Gasteiger partial charge in [-0.3, -0.25) is 9.59 Å². The highest BCUT2D eigenvalue weighted by atomic mass is 127. The van der Waals surface area contributed by atoms with Crippen LogP contribution >= 0.6 is 22.6 Å². The van der Waals surface area contributed by atoms with E-state index in [9.17, 15) is 9.59 Å². The van der Waals surface area contributed by atoms with Gasteiger partial charge in [0.15, 0.2) is 0 Å². The SMILES string of the molecule is Cn1nc(CC(=O)Oc2ccc(-c3ccc(I)cc3)cc2)c2ccccc2c1=O. The van der Waals surface area contributed by atoms with Crippen LogP contribution in [0.3, 0.4) is 0 Å². The minimum Gasteiger partial charge on any atom is -0.426 e. The van der Waals surface area contributed by atoms with Crippen LogP contribution in [-0.4, -0.2) is 15.7 Å². The maximum atomic E-state index is 12.5. The second kappa shape index (κ2) is 8.16. The Morgan fingerprint density at radius 1 is 0.931 bits per heavy atom. The lowest BCUT2D eigenvalue weighted by molar-refractivity contribution is -0.133. The van der Waals surface area contributed by atoms with E-state index in [0.29, 0.717) is 22.2 Å². The van der Waals surface area contributed by atoms with Crippen LogP contribution in [0.4, 0.5) is 0 Å². The fraction of sp³-hybridized carbons (Fsp3) is 0.0870. The fourth-order valence-electron chi connectivity index (χ4n) is 3.17. The number of ether oxygens (including phenoxy) is 1. The molecule has 4 aromatic rings. The van der Waals surface area contributed by atoms with Gasteiger partial charge in [0.25, 0.3) is 5.56 Å². The predicted octanol–water partition coefficient (Wildman–Crippen LogP) is 4.35. The van der Waals surface area contributed by atoms with Gasteiger partial charge in [0.2, 0.25) is 0 Å². The average Bonchev–Trinajstić information content (AvgIpc) is 2.73. The molecule has 0 saturated heterocycles. The first-order chi connectivity index (χ1) is 14.0. The van der Waals surface area contributed by atoms with Gasteiger partial charge in [0, 0.05) is 16.0 Å². The summed E-state index contributed by atoms with van der Waals surface area (Å²) < 4.78 is 7.91. The molecule has 6 heteroatoms. The molecule has 3 aromatic carbocycles. The third-order valence-electron chi connectivity index (χ3n) is 4.61. The summed E-state index contributed by atoms with van der Waals surface area (Å²) >= 11 is 2.27. The van der Waals surface area contributed by atoms with Crippen LogP contribution in [0.2, 0.25) is 0 Å². The summed E-state index contributed by atoms with van der Waals surface area (Å²) in [5, 5.41) is 5.45. The van der Waals surface area contributed by atoms with Crippen molar-refractivity contribution in [2.45, 2.75) is 6.42 Å². The summed E-state index contributed by atoms with van der Waals surface area (Å²) in [6, 6.07) is 22.7. The number of hydrogen-bond acceptors (Lipinski definition) is 4. The van der Waals surface area contributed by atoms with Gasteiger partial charge in [-0.1, -0.05) is 42.5 Å². The molecule has 0 spiro atoms. The highest BCUT2D eigenvalue weighted by Gasteiger charge is 2.14. The van der Waals surface area contributed by atoms with Crippen molar-refractivity contribution in [2.24, 2.45) is 7.05 Å². The third-order valence-corrected chi connectivity index (χ3v) is 5.33. The van der Waals surface area contributed by atoms with Gasteiger partial charge in [0.05, 0.1) is 17.5 Å². The minimum absolute atomic E-state index is 0.0203. The van der Waals surface area contributed by atoms with Gasteiger partial charge in [-0.2, -0.15) is 5.10 Å². The topological polar surface area (TPSA) is 61.2 Å². The van der Waals surface area contributed by atoms with Crippen molar-refractivity contribution >= 4 is 39.3 Å². The number of aryl methyl sites for hydroxylation is 1. The van der Waals surface area contributed by atoms with E-state index < -0.39 is 5.97 Å². The number of aromatic nitrogens is 2. The summed E-state index contributed by atoms with van der Waals surface area (Å²) in [4.78, 5) is 24.7. The van der Waals surface area contributed by atoms with Gasteiger partial charge >= 0.3 is 5.97 Å². The first-order valence-corrected chi connectivity index (χ1v) is 10.1. The van der Waals surface area contributed by atoms with Crippen molar-refractivity contribution < 1.29 is 9.53 Å². The maximum Gasteiger partial charge on any atom is 0.317 e. The van der Waals surface area contributed by atoms with Crippen LogP contribution < -0.4 is 10.3 Å². The lowest BCUT2D eigenvalue weighted by Gasteiger charge is -2.09. The maximum absolute atomic E-state index is 12.5. The highest BCUT2D eigenvalue weighted by Crippen LogP contribution is 2.23. The summed E-state index contributed by atoms with van der Waals surface area (Å²) in [6.07, 6.45) is -0.0203. The van der Waals surface area contributed by atoms with Crippen molar-refractivity contribution in [2.75, 3.05) is 0 Å². The number of esters is 1. The first kappa shape index (κ1) is 19.3. The standard InChI is InChI=1S/C23H17IN2O3/c1-26-23(28)20-5-3-2-4-19(20)21(25-26)14-22(27)29-18-12-8-16(9-13-18)15-6-10-17(24)11-7-15/h2-13H,14H2,1H3. The third kappa shape index (κ3) is 4.22. The van der Waals surface area contributed by atoms with Crippen molar-refractivity contribution in [1.82, 2.24) is 9.78 Å². The number of rotatable bonds is 4. The van der Waals surface area contributed by atoms with Crippen LogP contribution in [0.25, 0.3) is 21.9 Å². The lowest BCUT2D eigenvalue weighted by Crippen LogP contribution is -2.23. The number of nitrogens with zero attached hydrogens (tertiary/aromatic N) is 2. The zero-order valence-corrected chi connectivity index (χ0v) is 17.8. The number of benzene rings is 3. The van der Waals surface area contributed by atoms with E-state index in [1.54, 1.807) is 37.4 Å². The number of carbonyl (C=O) groups excluding carboxylic acids is 1. The van der Waals surface area contributed by atoms with Crippen LogP contribution in [0.15, 0.2) is 77.6 Å². The molecule has 144 valence electrons. The summed E-state index contributed by atoms with van der Waals surface area (Å²) in [7, 11) is 1.58. The normalized spacial score (nSPS) is 10.8. The minimum atomic E-state index is -0.427. The molecule has 1 aromatic heterocycles. The molecule has 0 saturated carbocycles. The molecule has 0 aliphatic carbocycles. The number of halogens is 1. The number of fused-ring (bicyclic) bond motifs is 1. The molecule has 5 nitrogen and oxygen atoms in total. The van der Waals surface area contributed by atoms with Gasteiger partial charge in [-0.15, -0.1) is 0 Å². The smallest absolute Gasteiger partial charge is 0.317 e. The average molecular weight is 496 g/mol. The van der Waals surface area contributed by atoms with Gasteiger partial charge in [0.1, 0.15) is 5.75 Å². The first-order valence-electron chi connectivity index (χ1n) is 9.03. The van der Waals surface area contributed by atoms with Gasteiger partial charge in [-0.25, -0.2) is 4.68 Å². The predicted molar refractivity (Wildman–Crippen MR) is 121 cm³/mol. The molecule has 0 fully saturated rings.